The monoisotopic (exact) mass is 441 g/mol. The molecule has 7 heteroatoms. The molecular formula is C25H31NO6. The second-order valence-electron chi connectivity index (χ2n) is 8.67. The molecule has 32 heavy (non-hydrogen) atoms. The molecule has 2 aliphatic rings. The molecule has 2 aliphatic heterocycles. The predicted octanol–water partition coefficient (Wildman–Crippen LogP) is 4.01. The molecule has 0 radical (unpaired) electrons. The van der Waals surface area contributed by atoms with Crippen LogP contribution in [0, 0.1) is 5.92 Å². The van der Waals surface area contributed by atoms with E-state index in [4.69, 9.17) is 18.9 Å². The minimum absolute atomic E-state index is 0.0659. The van der Waals surface area contributed by atoms with Crippen LogP contribution < -0.4 is 14.9 Å². The lowest BCUT2D eigenvalue weighted by molar-refractivity contribution is 0.0245. The van der Waals surface area contributed by atoms with Crippen molar-refractivity contribution in [2.75, 3.05) is 26.9 Å². The zero-order valence-corrected chi connectivity index (χ0v) is 19.2. The number of pyridine rings is 1. The first-order chi connectivity index (χ1) is 15.4. The van der Waals surface area contributed by atoms with Crippen LogP contribution in [0.2, 0.25) is 0 Å². The Morgan fingerprint density at radius 2 is 1.94 bits per heavy atom. The summed E-state index contributed by atoms with van der Waals surface area (Å²) < 4.78 is 24.5. The molecule has 0 bridgehead atoms. The highest BCUT2D eigenvalue weighted by atomic mass is 16.5. The third kappa shape index (κ3) is 4.26. The van der Waals surface area contributed by atoms with Crippen molar-refractivity contribution in [2.45, 2.75) is 52.2 Å². The van der Waals surface area contributed by atoms with E-state index in [1.54, 1.807) is 20.2 Å². The van der Waals surface area contributed by atoms with Crippen LogP contribution in [-0.2, 0) is 15.9 Å². The van der Waals surface area contributed by atoms with Gasteiger partial charge in [-0.3, -0.25) is 4.79 Å². The number of benzene rings is 1. The van der Waals surface area contributed by atoms with Gasteiger partial charge in [0.15, 0.2) is 16.9 Å². The van der Waals surface area contributed by atoms with Gasteiger partial charge in [-0.2, -0.15) is 0 Å². The lowest BCUT2D eigenvalue weighted by Crippen LogP contribution is -2.29. The molecule has 172 valence electrons. The van der Waals surface area contributed by atoms with E-state index in [1.165, 1.54) is 6.07 Å². The van der Waals surface area contributed by atoms with Crippen molar-refractivity contribution in [2.24, 2.45) is 5.92 Å². The number of carbonyl (C=O) groups excluding carboxylic acids is 1. The number of ether oxygens (including phenoxy) is 4. The highest BCUT2D eigenvalue weighted by Crippen LogP contribution is 2.43. The smallest absolute Gasteiger partial charge is 0.343 e. The number of fused-ring (bicyclic) bond motifs is 3. The number of esters is 1. The van der Waals surface area contributed by atoms with Crippen LogP contribution in [-0.4, -0.2) is 43.6 Å². The number of nitrogens with zero attached hydrogens (tertiary/aromatic N) is 1. The molecule has 7 nitrogen and oxygen atoms in total. The second kappa shape index (κ2) is 9.36. The van der Waals surface area contributed by atoms with Gasteiger partial charge in [0, 0.05) is 36.7 Å². The first kappa shape index (κ1) is 22.4. The molecule has 1 aromatic carbocycles. The van der Waals surface area contributed by atoms with Crippen molar-refractivity contribution in [3.05, 3.63) is 45.7 Å². The lowest BCUT2D eigenvalue weighted by atomic mass is 9.87. The van der Waals surface area contributed by atoms with E-state index < -0.39 is 5.97 Å². The van der Waals surface area contributed by atoms with Crippen molar-refractivity contribution < 1.29 is 23.7 Å². The number of hydrogen-bond acceptors (Lipinski definition) is 6. The van der Waals surface area contributed by atoms with Gasteiger partial charge in [0.05, 0.1) is 32.6 Å². The van der Waals surface area contributed by atoms with Crippen molar-refractivity contribution in [3.63, 3.8) is 0 Å². The van der Waals surface area contributed by atoms with Crippen LogP contribution in [0.1, 0.15) is 55.6 Å². The Labute approximate surface area is 188 Å². The van der Waals surface area contributed by atoms with E-state index in [-0.39, 0.29) is 29.7 Å². The van der Waals surface area contributed by atoms with Crippen molar-refractivity contribution in [3.8, 4) is 22.8 Å². The minimum Gasteiger partial charge on any atom is -0.493 e. The van der Waals surface area contributed by atoms with Crippen molar-refractivity contribution in [1.82, 2.24) is 4.57 Å². The maximum Gasteiger partial charge on any atom is 0.343 e. The molecule has 1 saturated heterocycles. The zero-order chi connectivity index (χ0) is 22.8. The summed E-state index contributed by atoms with van der Waals surface area (Å²) in [5.74, 6) is 1.06. The van der Waals surface area contributed by atoms with E-state index in [9.17, 15) is 9.59 Å². The molecule has 0 spiro atoms. The first-order valence-corrected chi connectivity index (χ1v) is 11.3. The van der Waals surface area contributed by atoms with Gasteiger partial charge in [-0.25, -0.2) is 4.79 Å². The zero-order valence-electron chi connectivity index (χ0n) is 19.2. The molecule has 0 amide bonds. The minimum atomic E-state index is -0.584. The highest BCUT2D eigenvalue weighted by molar-refractivity contribution is 5.89. The number of rotatable bonds is 6. The summed E-state index contributed by atoms with van der Waals surface area (Å²) in [7, 11) is 1.62. The quantitative estimate of drug-likeness (QED) is 0.631. The van der Waals surface area contributed by atoms with E-state index >= 15 is 0 Å². The van der Waals surface area contributed by atoms with E-state index in [0.717, 1.165) is 41.8 Å². The molecule has 1 aromatic heterocycles. The molecule has 3 heterocycles. The van der Waals surface area contributed by atoms with Crippen molar-refractivity contribution >= 4 is 5.97 Å². The first-order valence-electron chi connectivity index (χ1n) is 11.3. The fraction of sp³-hybridized carbons (Fsp3) is 0.520. The summed E-state index contributed by atoms with van der Waals surface area (Å²) in [6, 6.07) is 5.62. The van der Waals surface area contributed by atoms with Crippen LogP contribution >= 0.6 is 0 Å². The van der Waals surface area contributed by atoms with Gasteiger partial charge in [0.1, 0.15) is 11.7 Å². The summed E-state index contributed by atoms with van der Waals surface area (Å²) in [4.78, 5) is 25.1. The fourth-order valence-corrected chi connectivity index (χ4v) is 4.52. The van der Waals surface area contributed by atoms with Crippen LogP contribution in [0.4, 0.5) is 0 Å². The largest absolute Gasteiger partial charge is 0.493 e. The Morgan fingerprint density at radius 3 is 2.59 bits per heavy atom. The van der Waals surface area contributed by atoms with Gasteiger partial charge < -0.3 is 23.5 Å². The Morgan fingerprint density at radius 1 is 1.19 bits per heavy atom. The number of carbonyl (C=O) groups is 1. The van der Waals surface area contributed by atoms with Gasteiger partial charge in [0.25, 0.3) is 0 Å². The molecule has 1 unspecified atom stereocenters. The molecule has 1 fully saturated rings. The lowest BCUT2D eigenvalue weighted by Gasteiger charge is -2.34. The molecule has 4 rings (SSSR count). The standard InChI is InChI=1S/C25H31NO6/c1-5-31-25(28)19-14-26-20(15(2)3)10-16-11-24(32-17-6-8-30-9-7-17)23(29-4)12-18(16)21(26)13-22(19)27/h11-15,17,20H,5-10H2,1-4H3. The number of hydrogen-bond donors (Lipinski definition) is 0. The molecule has 0 saturated carbocycles. The third-order valence-corrected chi connectivity index (χ3v) is 6.26. The Kier molecular flexibility index (Phi) is 6.55. The van der Waals surface area contributed by atoms with Gasteiger partial charge in [0.2, 0.25) is 0 Å². The average molecular weight is 442 g/mol. The normalized spacial score (nSPS) is 18.1. The van der Waals surface area contributed by atoms with Crippen LogP contribution in [0.5, 0.6) is 11.5 Å². The molecular weight excluding hydrogens is 410 g/mol. The highest BCUT2D eigenvalue weighted by Gasteiger charge is 2.30. The van der Waals surface area contributed by atoms with Gasteiger partial charge in [-0.05, 0) is 37.0 Å². The predicted molar refractivity (Wildman–Crippen MR) is 121 cm³/mol. The number of methoxy groups -OCH3 is 1. The molecule has 2 aromatic rings. The summed E-state index contributed by atoms with van der Waals surface area (Å²) in [6.45, 7) is 7.64. The maximum atomic E-state index is 12.8. The SMILES string of the molecule is CCOC(=O)c1cn2c(cc1=O)-c1cc(OC)c(OC3CCOCC3)cc1CC2C(C)C. The van der Waals surface area contributed by atoms with Gasteiger partial charge in [-0.1, -0.05) is 13.8 Å². The van der Waals surface area contributed by atoms with E-state index in [1.807, 2.05) is 16.7 Å². The summed E-state index contributed by atoms with van der Waals surface area (Å²) in [5.41, 5.74) is 2.53. The van der Waals surface area contributed by atoms with E-state index in [2.05, 4.69) is 13.8 Å². The average Bonchev–Trinajstić information content (AvgIpc) is 2.78. The fourth-order valence-electron chi connectivity index (χ4n) is 4.52. The third-order valence-electron chi connectivity index (χ3n) is 6.26. The van der Waals surface area contributed by atoms with Crippen LogP contribution in [0.15, 0.2) is 29.2 Å². The van der Waals surface area contributed by atoms with Gasteiger partial charge >= 0.3 is 5.97 Å². The molecule has 0 N–H and O–H groups in total. The summed E-state index contributed by atoms with van der Waals surface area (Å²) in [5, 5.41) is 0. The second-order valence-corrected chi connectivity index (χ2v) is 8.67. The Balaban J connectivity index is 1.80. The maximum absolute atomic E-state index is 12.8. The van der Waals surface area contributed by atoms with Crippen LogP contribution in [0.25, 0.3) is 11.3 Å². The molecule has 1 atom stereocenters. The topological polar surface area (TPSA) is 76.0 Å². The van der Waals surface area contributed by atoms with E-state index in [0.29, 0.717) is 24.9 Å². The number of aromatic nitrogens is 1. The molecule has 0 aliphatic carbocycles. The summed E-state index contributed by atoms with van der Waals surface area (Å²) in [6.07, 6.45) is 4.22. The Hall–Kier alpha value is -2.80. The summed E-state index contributed by atoms with van der Waals surface area (Å²) >= 11 is 0. The van der Waals surface area contributed by atoms with Gasteiger partial charge in [-0.15, -0.1) is 0 Å². The van der Waals surface area contributed by atoms with Crippen molar-refractivity contribution in [1.29, 1.82) is 0 Å². The Bertz CT molecular complexity index is 1050. The van der Waals surface area contributed by atoms with Crippen LogP contribution in [0.3, 0.4) is 0 Å².